The van der Waals surface area contributed by atoms with Crippen molar-refractivity contribution in [3.8, 4) is 16.9 Å². The van der Waals surface area contributed by atoms with Crippen molar-refractivity contribution in [1.82, 2.24) is 9.80 Å². The zero-order chi connectivity index (χ0) is 33.4. The fraction of sp³-hybridized carbons (Fsp3) is 0.361. The van der Waals surface area contributed by atoms with Crippen LogP contribution >= 0.6 is 0 Å². The summed E-state index contributed by atoms with van der Waals surface area (Å²) in [6, 6.07) is 14.4. The molecule has 0 aromatic heterocycles. The summed E-state index contributed by atoms with van der Waals surface area (Å²) < 4.78 is 5.52. The Labute approximate surface area is 271 Å². The minimum absolute atomic E-state index is 0.0279. The molecule has 47 heavy (non-hydrogen) atoms. The lowest BCUT2D eigenvalue weighted by Crippen LogP contribution is -2.65. The number of benzene rings is 3. The molecule has 1 amide bonds. The SMILES string of the molecule is CN(C)[C@@H]1C(=O)C(C(N)=O)=C(O)[C@]2(O)C(=O)C3=C(O)c4c(O)ccc(-c5ccc(CN6CCOCC6)c6ccccc56)c4C[C@@H]3C[C@@H]12. The number of aromatic hydroxyl groups is 1. The smallest absolute Gasteiger partial charge is 0.255 e. The van der Waals surface area contributed by atoms with Crippen molar-refractivity contribution in [2.24, 2.45) is 17.6 Å². The quantitative estimate of drug-likeness (QED) is 0.261. The number of likely N-dealkylation sites (N-methyl/N-ethyl adjacent to an activating group) is 1. The molecule has 244 valence electrons. The van der Waals surface area contributed by atoms with Gasteiger partial charge in [-0.2, -0.15) is 0 Å². The number of nitrogens with zero attached hydrogens (tertiary/aromatic N) is 2. The highest BCUT2D eigenvalue weighted by Gasteiger charge is 2.64. The van der Waals surface area contributed by atoms with E-state index in [9.17, 15) is 34.8 Å². The highest BCUT2D eigenvalue weighted by Crippen LogP contribution is 2.54. The monoisotopic (exact) mass is 639 g/mol. The van der Waals surface area contributed by atoms with Gasteiger partial charge in [-0.1, -0.05) is 42.5 Å². The molecule has 1 saturated carbocycles. The molecule has 1 heterocycles. The molecule has 4 atom stereocenters. The van der Waals surface area contributed by atoms with Crippen LogP contribution in [-0.4, -0.2) is 99.7 Å². The number of aliphatic hydroxyl groups excluding tert-OH is 2. The Kier molecular flexibility index (Phi) is 7.47. The van der Waals surface area contributed by atoms with E-state index < -0.39 is 58.0 Å². The van der Waals surface area contributed by atoms with Crippen molar-refractivity contribution < 1.29 is 39.5 Å². The van der Waals surface area contributed by atoms with Gasteiger partial charge < -0.3 is 30.9 Å². The number of carbonyl (C=O) groups excluding carboxylic acids is 3. The highest BCUT2D eigenvalue weighted by molar-refractivity contribution is 6.24. The van der Waals surface area contributed by atoms with Crippen LogP contribution in [0.3, 0.4) is 0 Å². The van der Waals surface area contributed by atoms with Crippen LogP contribution in [-0.2, 0) is 32.1 Å². The topological polar surface area (TPSA) is 174 Å². The zero-order valence-electron chi connectivity index (χ0n) is 26.2. The average molecular weight is 640 g/mol. The number of amides is 1. The Bertz CT molecular complexity index is 1920. The molecular weight excluding hydrogens is 602 g/mol. The fourth-order valence-corrected chi connectivity index (χ4v) is 8.23. The van der Waals surface area contributed by atoms with Gasteiger partial charge in [-0.05, 0) is 71.9 Å². The third-order valence-electron chi connectivity index (χ3n) is 10.4. The molecule has 3 aromatic rings. The number of hydrogen-bond acceptors (Lipinski definition) is 10. The van der Waals surface area contributed by atoms with Crippen molar-refractivity contribution in [2.45, 2.75) is 31.0 Å². The first-order valence-corrected chi connectivity index (χ1v) is 15.8. The van der Waals surface area contributed by atoms with Gasteiger partial charge >= 0.3 is 0 Å². The Morgan fingerprint density at radius 1 is 1.00 bits per heavy atom. The van der Waals surface area contributed by atoms with Crippen LogP contribution in [0.15, 0.2) is 65.4 Å². The predicted molar refractivity (Wildman–Crippen MR) is 173 cm³/mol. The standard InChI is InChI=1S/C36H37N3O8/c1-38(2)30-25-16-19-15-24-23(22-8-7-18(17-39-11-13-47-14-12-39)20-5-3-4-6-21(20)22)9-10-26(40)28(24)31(41)27(19)33(43)36(25,46)34(44)29(32(30)42)35(37)45/h3-10,19,25,30,40-41,44,46H,11-17H2,1-2H3,(H2,37,45)/t19-,25+,30+,36-/m1/s1. The van der Waals surface area contributed by atoms with Crippen LogP contribution in [0.25, 0.3) is 27.7 Å². The van der Waals surface area contributed by atoms with Gasteiger partial charge in [-0.15, -0.1) is 0 Å². The fourth-order valence-electron chi connectivity index (χ4n) is 8.23. The molecule has 0 radical (unpaired) electrons. The van der Waals surface area contributed by atoms with E-state index in [0.717, 1.165) is 41.5 Å². The van der Waals surface area contributed by atoms with E-state index in [1.54, 1.807) is 20.2 Å². The van der Waals surface area contributed by atoms with Gasteiger partial charge in [0.05, 0.1) is 24.8 Å². The Hall–Kier alpha value is -4.55. The Morgan fingerprint density at radius 2 is 1.68 bits per heavy atom. The first-order chi connectivity index (χ1) is 22.4. The van der Waals surface area contributed by atoms with Gasteiger partial charge in [0.15, 0.2) is 11.4 Å². The van der Waals surface area contributed by atoms with Crippen LogP contribution in [0, 0.1) is 11.8 Å². The first-order valence-electron chi connectivity index (χ1n) is 15.8. The van der Waals surface area contributed by atoms with Gasteiger partial charge in [-0.25, -0.2) is 0 Å². The highest BCUT2D eigenvalue weighted by atomic mass is 16.5. The number of ketones is 2. The zero-order valence-corrected chi connectivity index (χ0v) is 26.2. The molecule has 6 N–H and O–H groups in total. The number of hydrogen-bond donors (Lipinski definition) is 5. The van der Waals surface area contributed by atoms with Gasteiger partial charge in [0.25, 0.3) is 5.91 Å². The number of phenols is 1. The lowest BCUT2D eigenvalue weighted by atomic mass is 9.57. The van der Waals surface area contributed by atoms with E-state index in [1.165, 1.54) is 16.5 Å². The normalized spacial score (nSPS) is 26.4. The molecule has 1 saturated heterocycles. The van der Waals surface area contributed by atoms with Crippen molar-refractivity contribution in [1.29, 1.82) is 0 Å². The van der Waals surface area contributed by atoms with E-state index >= 15 is 0 Å². The molecule has 0 unspecified atom stereocenters. The van der Waals surface area contributed by atoms with Crippen LogP contribution in [0.5, 0.6) is 5.75 Å². The van der Waals surface area contributed by atoms with E-state index in [-0.39, 0.29) is 29.7 Å². The van der Waals surface area contributed by atoms with Gasteiger partial charge in [0.1, 0.15) is 22.8 Å². The third kappa shape index (κ3) is 4.60. The summed E-state index contributed by atoms with van der Waals surface area (Å²) >= 11 is 0. The number of phenolic OH excluding ortho intramolecular Hbond substituents is 1. The van der Waals surface area contributed by atoms with Crippen molar-refractivity contribution >= 4 is 34.0 Å². The van der Waals surface area contributed by atoms with Crippen molar-refractivity contribution in [2.75, 3.05) is 40.4 Å². The minimum Gasteiger partial charge on any atom is -0.508 e. The molecule has 2 fully saturated rings. The molecule has 3 aliphatic carbocycles. The maximum absolute atomic E-state index is 14.2. The lowest BCUT2D eigenvalue weighted by molar-refractivity contribution is -0.153. The minimum atomic E-state index is -2.68. The molecule has 4 aliphatic rings. The van der Waals surface area contributed by atoms with Gasteiger partial charge in [0.2, 0.25) is 5.78 Å². The summed E-state index contributed by atoms with van der Waals surface area (Å²) in [7, 11) is 3.16. The summed E-state index contributed by atoms with van der Waals surface area (Å²) in [6.07, 6.45) is 0.238. The molecular formula is C36H37N3O8. The molecule has 1 aliphatic heterocycles. The van der Waals surface area contributed by atoms with Crippen LogP contribution in [0.4, 0.5) is 0 Å². The second-order valence-corrected chi connectivity index (χ2v) is 13.2. The van der Waals surface area contributed by atoms with E-state index in [2.05, 4.69) is 17.0 Å². The summed E-state index contributed by atoms with van der Waals surface area (Å²) in [5.41, 5.74) is 5.27. The number of fused-ring (bicyclic) bond motifs is 4. The summed E-state index contributed by atoms with van der Waals surface area (Å²) in [6.45, 7) is 3.86. The van der Waals surface area contributed by atoms with E-state index in [1.807, 2.05) is 24.3 Å². The van der Waals surface area contributed by atoms with Crippen LogP contribution in [0.2, 0.25) is 0 Å². The Balaban J connectivity index is 1.37. The second kappa shape index (κ2) is 11.3. The van der Waals surface area contributed by atoms with Gasteiger partial charge in [-0.3, -0.25) is 24.2 Å². The molecule has 7 rings (SSSR count). The third-order valence-corrected chi connectivity index (χ3v) is 10.4. The number of primary amides is 1. The number of ether oxygens (including phenoxy) is 1. The van der Waals surface area contributed by atoms with E-state index in [0.29, 0.717) is 18.8 Å². The maximum atomic E-state index is 14.2. The number of nitrogens with two attached hydrogens (primary N) is 1. The average Bonchev–Trinajstić information content (AvgIpc) is 3.03. The molecule has 11 nitrogen and oxygen atoms in total. The van der Waals surface area contributed by atoms with E-state index in [4.69, 9.17) is 10.5 Å². The number of rotatable bonds is 5. The first kappa shape index (κ1) is 31.1. The van der Waals surface area contributed by atoms with Crippen LogP contribution < -0.4 is 5.73 Å². The number of morpholine rings is 1. The largest absolute Gasteiger partial charge is 0.508 e. The lowest BCUT2D eigenvalue weighted by Gasteiger charge is -2.50. The Morgan fingerprint density at radius 3 is 2.36 bits per heavy atom. The second-order valence-electron chi connectivity index (χ2n) is 13.2. The number of aliphatic hydroxyl groups is 3. The molecule has 3 aromatic carbocycles. The molecule has 11 heteroatoms. The van der Waals surface area contributed by atoms with Crippen molar-refractivity contribution in [3.05, 3.63) is 82.1 Å². The summed E-state index contributed by atoms with van der Waals surface area (Å²) in [4.78, 5) is 43.7. The maximum Gasteiger partial charge on any atom is 0.255 e. The number of Topliss-reactive ketones (excluding diaryl/α,β-unsaturated/α-hetero) is 2. The van der Waals surface area contributed by atoms with Crippen LogP contribution in [0.1, 0.15) is 23.1 Å². The molecule has 0 spiro atoms. The predicted octanol–water partition coefficient (Wildman–Crippen LogP) is 2.62. The summed E-state index contributed by atoms with van der Waals surface area (Å²) in [5.74, 6) is -6.72. The van der Waals surface area contributed by atoms with Crippen molar-refractivity contribution in [3.63, 3.8) is 0 Å². The molecule has 0 bridgehead atoms. The number of carbonyl (C=O) groups is 3. The van der Waals surface area contributed by atoms with Gasteiger partial charge in [0, 0.05) is 31.1 Å². The summed E-state index contributed by atoms with van der Waals surface area (Å²) in [5, 5.41) is 47.8.